The van der Waals surface area contributed by atoms with Crippen LogP contribution in [0.25, 0.3) is 0 Å². The number of hydrogen-bond donors (Lipinski definition) is 2. The second-order valence-corrected chi connectivity index (χ2v) is 5.82. The van der Waals surface area contributed by atoms with Crippen LogP contribution in [0.1, 0.15) is 25.0 Å². The van der Waals surface area contributed by atoms with Crippen molar-refractivity contribution in [1.82, 2.24) is 15.5 Å². The van der Waals surface area contributed by atoms with E-state index in [1.807, 2.05) is 26.0 Å². The van der Waals surface area contributed by atoms with Crippen LogP contribution in [0.3, 0.4) is 0 Å². The van der Waals surface area contributed by atoms with Gasteiger partial charge in [0.1, 0.15) is 0 Å². The van der Waals surface area contributed by atoms with Crippen LogP contribution >= 0.6 is 0 Å². The third-order valence-corrected chi connectivity index (χ3v) is 3.59. The summed E-state index contributed by atoms with van der Waals surface area (Å²) >= 11 is 0. The van der Waals surface area contributed by atoms with E-state index < -0.39 is 0 Å². The van der Waals surface area contributed by atoms with Crippen molar-refractivity contribution in [2.24, 2.45) is 0 Å². The van der Waals surface area contributed by atoms with Gasteiger partial charge in [-0.25, -0.2) is 0 Å². The Morgan fingerprint density at radius 1 is 1.33 bits per heavy atom. The standard InChI is InChI=1S/C16H23N3O2/c1-11(2)18-15(20)10-19(3)16(21)14-8-12-6-4-5-7-13(12)9-17-14/h4-7,11,14,17H,8-10H2,1-3H3,(H,18,20). The van der Waals surface area contributed by atoms with Gasteiger partial charge in [0.2, 0.25) is 11.8 Å². The number of nitrogens with zero attached hydrogens (tertiary/aromatic N) is 1. The highest BCUT2D eigenvalue weighted by Gasteiger charge is 2.27. The minimum absolute atomic E-state index is 0.0385. The average Bonchev–Trinajstić information content (AvgIpc) is 2.45. The smallest absolute Gasteiger partial charge is 0.240 e. The number of nitrogens with one attached hydrogen (secondary N) is 2. The first kappa shape index (κ1) is 15.5. The molecule has 0 radical (unpaired) electrons. The second kappa shape index (κ2) is 6.72. The summed E-state index contributed by atoms with van der Waals surface area (Å²) in [6.45, 7) is 4.59. The summed E-state index contributed by atoms with van der Waals surface area (Å²) in [7, 11) is 1.67. The minimum atomic E-state index is -0.253. The van der Waals surface area contributed by atoms with Crippen molar-refractivity contribution in [2.45, 2.75) is 38.9 Å². The van der Waals surface area contributed by atoms with Crippen LogP contribution < -0.4 is 10.6 Å². The van der Waals surface area contributed by atoms with E-state index in [1.54, 1.807) is 7.05 Å². The third kappa shape index (κ3) is 4.04. The Kier molecular flexibility index (Phi) is 4.96. The zero-order chi connectivity index (χ0) is 15.4. The molecule has 1 heterocycles. The molecule has 5 heteroatoms. The van der Waals surface area contributed by atoms with Gasteiger partial charge in [0.25, 0.3) is 0 Å². The van der Waals surface area contributed by atoms with Crippen molar-refractivity contribution in [3.8, 4) is 0 Å². The van der Waals surface area contributed by atoms with Gasteiger partial charge in [-0.1, -0.05) is 24.3 Å². The largest absolute Gasteiger partial charge is 0.352 e. The average molecular weight is 289 g/mol. The summed E-state index contributed by atoms with van der Waals surface area (Å²) in [5.41, 5.74) is 2.44. The predicted octanol–water partition coefficient (Wildman–Crippen LogP) is 0.684. The molecular formula is C16H23N3O2. The Balaban J connectivity index is 1.93. The zero-order valence-corrected chi connectivity index (χ0v) is 12.8. The summed E-state index contributed by atoms with van der Waals surface area (Å²) < 4.78 is 0. The fourth-order valence-corrected chi connectivity index (χ4v) is 2.56. The highest BCUT2D eigenvalue weighted by Crippen LogP contribution is 2.17. The van der Waals surface area contributed by atoms with Gasteiger partial charge < -0.3 is 15.5 Å². The summed E-state index contributed by atoms with van der Waals surface area (Å²) in [6.07, 6.45) is 0.672. The predicted molar refractivity (Wildman–Crippen MR) is 81.7 cm³/mol. The molecule has 2 N–H and O–H groups in total. The lowest BCUT2D eigenvalue weighted by Crippen LogP contribution is -2.50. The number of rotatable bonds is 4. The Morgan fingerprint density at radius 2 is 2.00 bits per heavy atom. The molecule has 0 aromatic heterocycles. The van der Waals surface area contributed by atoms with E-state index in [0.29, 0.717) is 13.0 Å². The van der Waals surface area contributed by atoms with Crippen LogP contribution in [0.5, 0.6) is 0 Å². The van der Waals surface area contributed by atoms with Gasteiger partial charge in [-0.2, -0.15) is 0 Å². The Hall–Kier alpha value is -1.88. The molecular weight excluding hydrogens is 266 g/mol. The van der Waals surface area contributed by atoms with E-state index in [4.69, 9.17) is 0 Å². The summed E-state index contributed by atoms with van der Waals surface area (Å²) in [5, 5.41) is 6.04. The van der Waals surface area contributed by atoms with Gasteiger partial charge >= 0.3 is 0 Å². The Morgan fingerprint density at radius 3 is 2.67 bits per heavy atom. The molecule has 0 saturated heterocycles. The summed E-state index contributed by atoms with van der Waals surface area (Å²) in [6, 6.07) is 7.96. The number of amides is 2. The zero-order valence-electron chi connectivity index (χ0n) is 12.8. The van der Waals surface area contributed by atoms with Crippen LogP contribution in [-0.2, 0) is 22.6 Å². The first-order valence-corrected chi connectivity index (χ1v) is 7.32. The lowest BCUT2D eigenvalue weighted by atomic mass is 9.95. The molecule has 1 aliphatic rings. The van der Waals surface area contributed by atoms with E-state index >= 15 is 0 Å². The van der Waals surface area contributed by atoms with Crippen LogP contribution in [0.4, 0.5) is 0 Å². The van der Waals surface area contributed by atoms with E-state index in [2.05, 4.69) is 22.8 Å². The highest BCUT2D eigenvalue weighted by atomic mass is 16.2. The van der Waals surface area contributed by atoms with Crippen molar-refractivity contribution in [1.29, 1.82) is 0 Å². The lowest BCUT2D eigenvalue weighted by molar-refractivity contribution is -0.136. The molecule has 5 nitrogen and oxygen atoms in total. The normalized spacial score (nSPS) is 17.2. The molecule has 0 bridgehead atoms. The second-order valence-electron chi connectivity index (χ2n) is 5.82. The maximum absolute atomic E-state index is 12.4. The maximum atomic E-state index is 12.4. The van der Waals surface area contributed by atoms with Crippen LogP contribution in [0.15, 0.2) is 24.3 Å². The molecule has 1 unspecified atom stereocenters. The van der Waals surface area contributed by atoms with Crippen molar-refractivity contribution >= 4 is 11.8 Å². The summed E-state index contributed by atoms with van der Waals surface area (Å²) in [5.74, 6) is -0.166. The molecule has 2 rings (SSSR count). The monoisotopic (exact) mass is 289 g/mol. The third-order valence-electron chi connectivity index (χ3n) is 3.59. The fraction of sp³-hybridized carbons (Fsp3) is 0.500. The molecule has 0 spiro atoms. The van der Waals surface area contributed by atoms with Crippen molar-refractivity contribution < 1.29 is 9.59 Å². The molecule has 0 aliphatic carbocycles. The number of fused-ring (bicyclic) bond motifs is 1. The van der Waals surface area contributed by atoms with Gasteiger partial charge in [0.05, 0.1) is 12.6 Å². The van der Waals surface area contributed by atoms with Crippen LogP contribution in [0, 0.1) is 0 Å². The van der Waals surface area contributed by atoms with Crippen molar-refractivity contribution in [3.05, 3.63) is 35.4 Å². The van der Waals surface area contributed by atoms with Gasteiger partial charge in [-0.05, 0) is 31.4 Å². The summed E-state index contributed by atoms with van der Waals surface area (Å²) in [4.78, 5) is 25.6. The lowest BCUT2D eigenvalue weighted by Gasteiger charge is -2.29. The molecule has 2 amide bonds. The first-order chi connectivity index (χ1) is 9.97. The molecule has 1 aromatic carbocycles. The highest BCUT2D eigenvalue weighted by molar-refractivity contribution is 5.87. The van der Waals surface area contributed by atoms with E-state index in [1.165, 1.54) is 16.0 Å². The molecule has 21 heavy (non-hydrogen) atoms. The fourth-order valence-electron chi connectivity index (χ4n) is 2.56. The van der Waals surface area contributed by atoms with Crippen molar-refractivity contribution in [2.75, 3.05) is 13.6 Å². The quantitative estimate of drug-likeness (QED) is 0.857. The molecule has 1 atom stereocenters. The number of likely N-dealkylation sites (N-methyl/N-ethyl adjacent to an activating group) is 1. The number of carbonyl (C=O) groups is 2. The van der Waals surface area contributed by atoms with Gasteiger partial charge in [-0.3, -0.25) is 9.59 Å². The first-order valence-electron chi connectivity index (χ1n) is 7.32. The topological polar surface area (TPSA) is 61.4 Å². The van der Waals surface area contributed by atoms with Crippen LogP contribution in [-0.4, -0.2) is 42.4 Å². The molecule has 114 valence electrons. The SMILES string of the molecule is CC(C)NC(=O)CN(C)C(=O)C1Cc2ccccc2CN1. The van der Waals surface area contributed by atoms with Gasteiger partial charge in [0, 0.05) is 19.6 Å². The van der Waals surface area contributed by atoms with Crippen molar-refractivity contribution in [3.63, 3.8) is 0 Å². The van der Waals surface area contributed by atoms with E-state index in [0.717, 1.165) is 0 Å². The Bertz CT molecular complexity index is 528. The molecule has 1 aliphatic heterocycles. The molecule has 0 fully saturated rings. The van der Waals surface area contributed by atoms with E-state index in [9.17, 15) is 9.59 Å². The van der Waals surface area contributed by atoms with Crippen LogP contribution in [0.2, 0.25) is 0 Å². The molecule has 1 aromatic rings. The minimum Gasteiger partial charge on any atom is -0.352 e. The Labute approximate surface area is 125 Å². The molecule has 0 saturated carbocycles. The van der Waals surface area contributed by atoms with E-state index in [-0.39, 0.29) is 30.4 Å². The number of carbonyl (C=O) groups excluding carboxylic acids is 2. The number of hydrogen-bond acceptors (Lipinski definition) is 3. The van der Waals surface area contributed by atoms with Gasteiger partial charge in [-0.15, -0.1) is 0 Å². The van der Waals surface area contributed by atoms with Gasteiger partial charge in [0.15, 0.2) is 0 Å². The number of benzene rings is 1. The maximum Gasteiger partial charge on any atom is 0.240 e.